The monoisotopic (exact) mass is 273 g/mol. The molecule has 3 nitrogen and oxygen atoms in total. The first-order valence-electron chi connectivity index (χ1n) is 4.50. The lowest BCUT2D eigenvalue weighted by molar-refractivity contribution is 0.152. The fraction of sp³-hybridized carbons (Fsp3) is 0.300. The summed E-state index contributed by atoms with van der Waals surface area (Å²) in [5.41, 5.74) is 0.657. The number of alkyl halides is 1. The summed E-state index contributed by atoms with van der Waals surface area (Å²) in [5.74, 6) is -0.316. The Kier molecular flexibility index (Phi) is 2.90. The minimum Gasteiger partial charge on any atom is -0.443 e. The summed E-state index contributed by atoms with van der Waals surface area (Å²) in [7, 11) is 0. The maximum absolute atomic E-state index is 12.7. The molecule has 0 radical (unpaired) electrons. The average Bonchev–Trinajstić information content (AvgIpc) is 2.61. The Labute approximate surface area is 95.0 Å². The molecule has 1 aliphatic heterocycles. The van der Waals surface area contributed by atoms with Crippen LogP contribution in [0.5, 0.6) is 0 Å². The van der Waals surface area contributed by atoms with E-state index in [2.05, 4.69) is 15.9 Å². The Balaban J connectivity index is 2.18. The molecule has 1 aliphatic rings. The zero-order valence-corrected chi connectivity index (χ0v) is 9.41. The van der Waals surface area contributed by atoms with Crippen molar-refractivity contribution in [3.8, 4) is 0 Å². The lowest BCUT2D eigenvalue weighted by atomic mass is 10.3. The number of halogens is 2. The van der Waals surface area contributed by atoms with Crippen molar-refractivity contribution in [1.82, 2.24) is 0 Å². The number of ether oxygens (including phenoxy) is 1. The van der Waals surface area contributed by atoms with Crippen LogP contribution in [0.15, 0.2) is 24.3 Å². The zero-order valence-electron chi connectivity index (χ0n) is 7.82. The van der Waals surface area contributed by atoms with Gasteiger partial charge in [-0.05, 0) is 24.3 Å². The van der Waals surface area contributed by atoms with E-state index in [4.69, 9.17) is 4.74 Å². The molecule has 1 heterocycles. The Morgan fingerprint density at radius 1 is 1.47 bits per heavy atom. The fourth-order valence-corrected chi connectivity index (χ4v) is 1.77. The van der Waals surface area contributed by atoms with Crippen LogP contribution >= 0.6 is 15.9 Å². The second-order valence-electron chi connectivity index (χ2n) is 3.25. The summed E-state index contributed by atoms with van der Waals surface area (Å²) in [6.45, 7) is 0.496. The van der Waals surface area contributed by atoms with E-state index in [1.165, 1.54) is 17.0 Å². The number of benzene rings is 1. The quantitative estimate of drug-likeness (QED) is 0.776. The second kappa shape index (κ2) is 4.18. The molecule has 1 saturated heterocycles. The molecule has 5 heteroatoms. The number of hydrogen-bond acceptors (Lipinski definition) is 2. The van der Waals surface area contributed by atoms with Crippen LogP contribution in [0.1, 0.15) is 0 Å². The van der Waals surface area contributed by atoms with E-state index in [-0.39, 0.29) is 18.0 Å². The van der Waals surface area contributed by atoms with Gasteiger partial charge in [-0.2, -0.15) is 0 Å². The molecule has 1 amide bonds. The highest BCUT2D eigenvalue weighted by molar-refractivity contribution is 9.09. The molecule has 0 spiro atoms. The average molecular weight is 274 g/mol. The van der Waals surface area contributed by atoms with Gasteiger partial charge in [-0.15, -0.1) is 0 Å². The molecule has 1 aromatic carbocycles. The summed E-state index contributed by atoms with van der Waals surface area (Å²) < 4.78 is 17.7. The first kappa shape index (κ1) is 10.4. The molecule has 0 saturated carbocycles. The van der Waals surface area contributed by atoms with Gasteiger partial charge in [0.15, 0.2) is 0 Å². The molecule has 2 rings (SSSR count). The molecule has 15 heavy (non-hydrogen) atoms. The Hall–Kier alpha value is -1.10. The zero-order chi connectivity index (χ0) is 10.8. The van der Waals surface area contributed by atoms with Crippen molar-refractivity contribution < 1.29 is 13.9 Å². The van der Waals surface area contributed by atoms with Crippen LogP contribution in [0, 0.1) is 5.82 Å². The molecular weight excluding hydrogens is 265 g/mol. The van der Waals surface area contributed by atoms with Gasteiger partial charge < -0.3 is 4.74 Å². The van der Waals surface area contributed by atoms with Crippen LogP contribution in [-0.4, -0.2) is 24.1 Å². The van der Waals surface area contributed by atoms with Crippen LogP contribution in [0.4, 0.5) is 14.9 Å². The van der Waals surface area contributed by atoms with E-state index in [9.17, 15) is 9.18 Å². The number of carbonyl (C=O) groups excluding carboxylic acids is 1. The molecular formula is C10H9BrFNO2. The van der Waals surface area contributed by atoms with Gasteiger partial charge in [-0.3, -0.25) is 4.90 Å². The van der Waals surface area contributed by atoms with Crippen molar-refractivity contribution >= 4 is 27.7 Å². The van der Waals surface area contributed by atoms with Crippen LogP contribution in [0.3, 0.4) is 0 Å². The van der Waals surface area contributed by atoms with Crippen LogP contribution in [0.2, 0.25) is 0 Å². The number of anilines is 1. The van der Waals surface area contributed by atoms with Crippen LogP contribution in [0.25, 0.3) is 0 Å². The number of hydrogen-bond donors (Lipinski definition) is 0. The Morgan fingerprint density at radius 2 is 2.13 bits per heavy atom. The van der Waals surface area contributed by atoms with Crippen molar-refractivity contribution in [3.05, 3.63) is 30.1 Å². The van der Waals surface area contributed by atoms with Gasteiger partial charge in [0, 0.05) is 11.0 Å². The smallest absolute Gasteiger partial charge is 0.414 e. The van der Waals surface area contributed by atoms with Gasteiger partial charge in [0.2, 0.25) is 0 Å². The van der Waals surface area contributed by atoms with Gasteiger partial charge >= 0.3 is 6.09 Å². The Bertz CT molecular complexity index is 368. The minimum absolute atomic E-state index is 0.137. The van der Waals surface area contributed by atoms with Gasteiger partial charge in [0.25, 0.3) is 0 Å². The van der Waals surface area contributed by atoms with Gasteiger partial charge in [-0.1, -0.05) is 15.9 Å². The molecule has 1 aromatic rings. The maximum Gasteiger partial charge on any atom is 0.414 e. The van der Waals surface area contributed by atoms with Gasteiger partial charge in [-0.25, -0.2) is 9.18 Å². The SMILES string of the molecule is O=C1O[C@@H](CBr)CN1c1ccc(F)cc1. The number of carbonyl (C=O) groups is 1. The molecule has 0 aliphatic carbocycles. The molecule has 0 N–H and O–H groups in total. The Morgan fingerprint density at radius 3 is 2.67 bits per heavy atom. The first-order valence-corrected chi connectivity index (χ1v) is 5.62. The van der Waals surface area contributed by atoms with Gasteiger partial charge in [0.05, 0.1) is 6.54 Å². The number of cyclic esters (lactones) is 1. The lowest BCUT2D eigenvalue weighted by Gasteiger charge is -2.12. The predicted molar refractivity (Wildman–Crippen MR) is 57.8 cm³/mol. The van der Waals surface area contributed by atoms with Crippen molar-refractivity contribution in [2.24, 2.45) is 0 Å². The molecule has 1 atom stereocenters. The van der Waals surface area contributed by atoms with Crippen molar-refractivity contribution in [3.63, 3.8) is 0 Å². The van der Waals surface area contributed by atoms with E-state index in [0.29, 0.717) is 17.6 Å². The standard InChI is InChI=1S/C10H9BrFNO2/c11-5-9-6-13(10(14)15-9)8-3-1-7(12)2-4-8/h1-4,9H,5-6H2/t9-/m0/s1. The highest BCUT2D eigenvalue weighted by Gasteiger charge is 2.31. The highest BCUT2D eigenvalue weighted by Crippen LogP contribution is 2.22. The minimum atomic E-state index is -0.383. The van der Waals surface area contributed by atoms with Crippen LogP contribution < -0.4 is 4.90 Å². The molecule has 1 fully saturated rings. The lowest BCUT2D eigenvalue weighted by Crippen LogP contribution is -2.24. The summed E-state index contributed by atoms with van der Waals surface area (Å²) in [6.07, 6.45) is -0.520. The molecule has 80 valence electrons. The van der Waals surface area contributed by atoms with Crippen molar-refractivity contribution in [1.29, 1.82) is 0 Å². The van der Waals surface area contributed by atoms with Gasteiger partial charge in [0.1, 0.15) is 11.9 Å². The maximum atomic E-state index is 12.7. The van der Waals surface area contributed by atoms with Crippen molar-refractivity contribution in [2.45, 2.75) is 6.10 Å². The largest absolute Gasteiger partial charge is 0.443 e. The third-order valence-electron chi connectivity index (χ3n) is 2.18. The predicted octanol–water partition coefficient (Wildman–Crippen LogP) is 2.55. The molecule has 0 bridgehead atoms. The molecule has 0 unspecified atom stereocenters. The van der Waals surface area contributed by atoms with E-state index in [1.807, 2.05) is 0 Å². The van der Waals surface area contributed by atoms with E-state index < -0.39 is 0 Å². The third kappa shape index (κ3) is 2.12. The topological polar surface area (TPSA) is 29.5 Å². The second-order valence-corrected chi connectivity index (χ2v) is 3.89. The summed E-state index contributed by atoms with van der Waals surface area (Å²) in [4.78, 5) is 12.9. The van der Waals surface area contributed by atoms with Crippen molar-refractivity contribution in [2.75, 3.05) is 16.8 Å². The molecule has 0 aromatic heterocycles. The summed E-state index contributed by atoms with van der Waals surface area (Å²) >= 11 is 3.25. The van der Waals surface area contributed by atoms with E-state index in [1.54, 1.807) is 12.1 Å². The first-order chi connectivity index (χ1) is 7.20. The summed E-state index contributed by atoms with van der Waals surface area (Å²) in [5, 5.41) is 0.608. The summed E-state index contributed by atoms with van der Waals surface area (Å²) in [6, 6.07) is 5.77. The van der Waals surface area contributed by atoms with E-state index in [0.717, 1.165) is 0 Å². The normalized spacial score (nSPS) is 20.5. The number of nitrogens with zero attached hydrogens (tertiary/aromatic N) is 1. The van der Waals surface area contributed by atoms with E-state index >= 15 is 0 Å². The third-order valence-corrected chi connectivity index (χ3v) is 2.91. The van der Waals surface area contributed by atoms with Crippen LogP contribution in [-0.2, 0) is 4.74 Å². The fourth-order valence-electron chi connectivity index (χ4n) is 1.43. The number of amides is 1. The highest BCUT2D eigenvalue weighted by atomic mass is 79.9. The number of rotatable bonds is 2.